The van der Waals surface area contributed by atoms with E-state index in [0.717, 1.165) is 10.7 Å². The maximum atomic E-state index is 11.6. The molecule has 0 unspecified atom stereocenters. The van der Waals surface area contributed by atoms with Crippen molar-refractivity contribution in [3.05, 3.63) is 30.1 Å². The number of nitrogens with two attached hydrogens (primary N) is 1. The summed E-state index contributed by atoms with van der Waals surface area (Å²) in [4.78, 5) is 15.7. The summed E-state index contributed by atoms with van der Waals surface area (Å²) in [7, 11) is 0. The number of hydrogen-bond acceptors (Lipinski definition) is 6. The Kier molecular flexibility index (Phi) is 3.83. The summed E-state index contributed by atoms with van der Waals surface area (Å²) in [6.45, 7) is 1.78. The Hall–Kier alpha value is -2.02. The van der Waals surface area contributed by atoms with Crippen LogP contribution < -0.4 is 11.1 Å². The number of hydrogen-bond donors (Lipinski definition) is 2. The van der Waals surface area contributed by atoms with E-state index in [1.54, 1.807) is 31.3 Å². The van der Waals surface area contributed by atoms with Crippen molar-refractivity contribution in [2.75, 3.05) is 16.8 Å². The number of aryl methyl sites for hydroxylation is 1. The number of aromatic nitrogens is 2. The van der Waals surface area contributed by atoms with Gasteiger partial charge in [-0.25, -0.2) is 4.98 Å². The Balaban J connectivity index is 1.83. The summed E-state index contributed by atoms with van der Waals surface area (Å²) >= 11 is 1.32. The topological polar surface area (TPSA) is 94.0 Å². The molecule has 2 rings (SSSR count). The number of anilines is 2. The molecule has 0 saturated carbocycles. The van der Waals surface area contributed by atoms with Crippen molar-refractivity contribution in [3.63, 3.8) is 0 Å². The average molecular weight is 264 g/mol. The quantitative estimate of drug-likeness (QED) is 0.816. The molecule has 7 heteroatoms. The van der Waals surface area contributed by atoms with Crippen LogP contribution in [0.3, 0.4) is 0 Å². The maximum absolute atomic E-state index is 11.6. The molecule has 3 N–H and O–H groups in total. The molecule has 0 saturated heterocycles. The van der Waals surface area contributed by atoms with E-state index in [1.807, 2.05) is 0 Å². The SMILES string of the molecule is Cc1cc(NC(=O)CSc2ccc(N)cn2)on1. The number of nitrogen functional groups attached to an aromatic ring is 1. The third-order valence-electron chi connectivity index (χ3n) is 2.00. The molecule has 0 spiro atoms. The zero-order valence-corrected chi connectivity index (χ0v) is 10.5. The van der Waals surface area contributed by atoms with Gasteiger partial charge in [-0.1, -0.05) is 16.9 Å². The third-order valence-corrected chi connectivity index (χ3v) is 2.94. The molecule has 94 valence electrons. The lowest BCUT2D eigenvalue weighted by Gasteiger charge is -2.01. The van der Waals surface area contributed by atoms with Crippen LogP contribution in [-0.4, -0.2) is 21.8 Å². The molecule has 0 aromatic carbocycles. The van der Waals surface area contributed by atoms with Crippen LogP contribution in [-0.2, 0) is 4.79 Å². The van der Waals surface area contributed by atoms with Crippen LogP contribution in [0.25, 0.3) is 0 Å². The number of carbonyl (C=O) groups excluding carboxylic acids is 1. The lowest BCUT2D eigenvalue weighted by Crippen LogP contribution is -2.13. The maximum Gasteiger partial charge on any atom is 0.237 e. The fourth-order valence-electron chi connectivity index (χ4n) is 1.21. The van der Waals surface area contributed by atoms with Crippen molar-refractivity contribution in [1.82, 2.24) is 10.1 Å². The normalized spacial score (nSPS) is 10.3. The van der Waals surface area contributed by atoms with Crippen molar-refractivity contribution >= 4 is 29.2 Å². The monoisotopic (exact) mass is 264 g/mol. The Bertz CT molecular complexity index is 538. The van der Waals surface area contributed by atoms with Gasteiger partial charge in [-0.2, -0.15) is 0 Å². The van der Waals surface area contributed by atoms with Gasteiger partial charge in [0.15, 0.2) is 0 Å². The van der Waals surface area contributed by atoms with Crippen molar-refractivity contribution in [3.8, 4) is 0 Å². The number of rotatable bonds is 4. The second-order valence-electron chi connectivity index (χ2n) is 3.60. The van der Waals surface area contributed by atoms with Gasteiger partial charge in [0.2, 0.25) is 11.8 Å². The third kappa shape index (κ3) is 3.49. The zero-order valence-electron chi connectivity index (χ0n) is 9.71. The highest BCUT2D eigenvalue weighted by molar-refractivity contribution is 7.99. The molecule has 6 nitrogen and oxygen atoms in total. The molecule has 2 aromatic rings. The van der Waals surface area contributed by atoms with Crippen molar-refractivity contribution < 1.29 is 9.32 Å². The second-order valence-corrected chi connectivity index (χ2v) is 4.59. The number of carbonyl (C=O) groups is 1. The van der Waals surface area contributed by atoms with Gasteiger partial charge in [-0.15, -0.1) is 0 Å². The Morgan fingerprint density at radius 1 is 1.56 bits per heavy atom. The molecule has 0 aliphatic carbocycles. The van der Waals surface area contributed by atoms with Crippen LogP contribution >= 0.6 is 11.8 Å². The van der Waals surface area contributed by atoms with Crippen molar-refractivity contribution in [2.45, 2.75) is 11.9 Å². The molecule has 2 aromatic heterocycles. The number of amides is 1. The summed E-state index contributed by atoms with van der Waals surface area (Å²) < 4.78 is 4.88. The Morgan fingerprint density at radius 3 is 3.00 bits per heavy atom. The average Bonchev–Trinajstić information content (AvgIpc) is 2.74. The summed E-state index contributed by atoms with van der Waals surface area (Å²) in [6, 6.07) is 5.17. The van der Waals surface area contributed by atoms with E-state index < -0.39 is 0 Å². The lowest BCUT2D eigenvalue weighted by molar-refractivity contribution is -0.113. The van der Waals surface area contributed by atoms with Crippen molar-refractivity contribution in [1.29, 1.82) is 0 Å². The van der Waals surface area contributed by atoms with E-state index in [2.05, 4.69) is 15.5 Å². The van der Waals surface area contributed by atoms with Crippen molar-refractivity contribution in [2.24, 2.45) is 0 Å². The first-order valence-electron chi connectivity index (χ1n) is 5.21. The van der Waals surface area contributed by atoms with Gasteiger partial charge in [-0.05, 0) is 19.1 Å². The van der Waals surface area contributed by atoms with E-state index in [4.69, 9.17) is 10.3 Å². The highest BCUT2D eigenvalue weighted by atomic mass is 32.2. The minimum Gasteiger partial charge on any atom is -0.397 e. The molecule has 2 heterocycles. The van der Waals surface area contributed by atoms with Crippen LogP contribution in [0, 0.1) is 6.92 Å². The van der Waals surface area contributed by atoms with Crippen LogP contribution in [0.2, 0.25) is 0 Å². The molecule has 0 atom stereocenters. The molecule has 0 aliphatic rings. The lowest BCUT2D eigenvalue weighted by atomic mass is 10.4. The molecular formula is C11H12N4O2S. The van der Waals surface area contributed by atoms with Gasteiger partial charge in [0.25, 0.3) is 0 Å². The van der Waals surface area contributed by atoms with E-state index in [-0.39, 0.29) is 11.7 Å². The first kappa shape index (κ1) is 12.4. The summed E-state index contributed by atoms with van der Waals surface area (Å²) in [5, 5.41) is 7.02. The molecular weight excluding hydrogens is 252 g/mol. The number of thioether (sulfide) groups is 1. The number of pyridine rings is 1. The van der Waals surface area contributed by atoms with Gasteiger partial charge < -0.3 is 10.3 Å². The first-order valence-corrected chi connectivity index (χ1v) is 6.19. The predicted molar refractivity (Wildman–Crippen MR) is 69.2 cm³/mol. The Morgan fingerprint density at radius 2 is 2.39 bits per heavy atom. The smallest absolute Gasteiger partial charge is 0.237 e. The van der Waals surface area contributed by atoms with E-state index >= 15 is 0 Å². The first-order chi connectivity index (χ1) is 8.63. The predicted octanol–water partition coefficient (Wildman–Crippen LogP) is 1.69. The highest BCUT2D eigenvalue weighted by Gasteiger charge is 2.07. The summed E-state index contributed by atoms with van der Waals surface area (Å²) in [5.41, 5.74) is 6.84. The van der Waals surface area contributed by atoms with E-state index in [0.29, 0.717) is 11.6 Å². The molecule has 1 amide bonds. The fraction of sp³-hybridized carbons (Fsp3) is 0.182. The second kappa shape index (κ2) is 5.54. The number of nitrogens with one attached hydrogen (secondary N) is 1. The molecule has 0 bridgehead atoms. The summed E-state index contributed by atoms with van der Waals surface area (Å²) in [6.07, 6.45) is 1.56. The molecule has 0 radical (unpaired) electrons. The number of nitrogens with zero attached hydrogens (tertiary/aromatic N) is 2. The Labute approximate surface area is 108 Å². The van der Waals surface area contributed by atoms with Crippen LogP contribution in [0.15, 0.2) is 33.9 Å². The van der Waals surface area contributed by atoms with Gasteiger partial charge in [0.1, 0.15) is 0 Å². The molecule has 18 heavy (non-hydrogen) atoms. The van der Waals surface area contributed by atoms with Crippen LogP contribution in [0.1, 0.15) is 5.69 Å². The van der Waals surface area contributed by atoms with E-state index in [1.165, 1.54) is 11.8 Å². The minimum absolute atomic E-state index is 0.172. The van der Waals surface area contributed by atoms with Gasteiger partial charge >= 0.3 is 0 Å². The zero-order chi connectivity index (χ0) is 13.0. The fourth-order valence-corrected chi connectivity index (χ4v) is 1.86. The summed E-state index contributed by atoms with van der Waals surface area (Å²) in [5.74, 6) is 0.426. The largest absolute Gasteiger partial charge is 0.397 e. The highest BCUT2D eigenvalue weighted by Crippen LogP contribution is 2.16. The molecule has 0 fully saturated rings. The standard InChI is InChI=1S/C11H12N4O2S/c1-7-4-10(17-15-7)14-9(16)6-18-11-3-2-8(12)5-13-11/h2-5H,6,12H2,1H3,(H,14,16). The van der Waals surface area contributed by atoms with Gasteiger partial charge in [0.05, 0.1) is 28.4 Å². The van der Waals surface area contributed by atoms with Gasteiger partial charge in [-0.3, -0.25) is 10.1 Å². The van der Waals surface area contributed by atoms with E-state index in [9.17, 15) is 4.79 Å². The van der Waals surface area contributed by atoms with Crippen LogP contribution in [0.4, 0.5) is 11.6 Å². The van der Waals surface area contributed by atoms with Crippen LogP contribution in [0.5, 0.6) is 0 Å². The molecule has 0 aliphatic heterocycles. The minimum atomic E-state index is -0.172. The van der Waals surface area contributed by atoms with Gasteiger partial charge in [0, 0.05) is 6.07 Å².